The molecule has 0 aliphatic carbocycles. The number of likely N-dealkylation sites (tertiary alicyclic amines) is 1. The first kappa shape index (κ1) is 25.7. The highest BCUT2D eigenvalue weighted by molar-refractivity contribution is 6.01. The molecule has 2 saturated heterocycles. The van der Waals surface area contributed by atoms with Crippen molar-refractivity contribution in [1.82, 2.24) is 9.80 Å². The smallest absolute Gasteiger partial charge is 0.417 e. The minimum atomic E-state index is -4.65. The van der Waals surface area contributed by atoms with E-state index < -0.39 is 23.2 Å². The van der Waals surface area contributed by atoms with Gasteiger partial charge >= 0.3 is 6.18 Å². The fraction of sp³-hybridized carbons (Fsp3) is 0.423. The molecule has 2 aliphatic rings. The number of rotatable bonds is 9. The summed E-state index contributed by atoms with van der Waals surface area (Å²) >= 11 is 0. The van der Waals surface area contributed by atoms with Crippen molar-refractivity contribution >= 4 is 17.7 Å². The molecule has 192 valence electrons. The number of imide groups is 1. The van der Waals surface area contributed by atoms with Gasteiger partial charge in [0.1, 0.15) is 12.4 Å². The van der Waals surface area contributed by atoms with Crippen LogP contribution in [0.2, 0.25) is 0 Å². The molecule has 0 N–H and O–H groups in total. The SMILES string of the molecule is O=C(c1ccccc1C(F)(F)F)N(Cc1ccc(OCCN2C(=O)CCC2=O)cc1)CC1CCCO1. The molecule has 0 spiro atoms. The second kappa shape index (κ2) is 11.1. The molecule has 1 atom stereocenters. The first-order valence-electron chi connectivity index (χ1n) is 11.8. The molecule has 2 heterocycles. The number of nitrogens with zero attached hydrogens (tertiary/aromatic N) is 2. The van der Waals surface area contributed by atoms with E-state index in [-0.39, 0.29) is 57.0 Å². The van der Waals surface area contributed by atoms with Gasteiger partial charge in [-0.2, -0.15) is 13.2 Å². The molecule has 3 amide bonds. The molecular weight excluding hydrogens is 477 g/mol. The van der Waals surface area contributed by atoms with Crippen LogP contribution in [0.25, 0.3) is 0 Å². The number of hydrogen-bond donors (Lipinski definition) is 0. The molecule has 4 rings (SSSR count). The van der Waals surface area contributed by atoms with Gasteiger partial charge in [0.25, 0.3) is 5.91 Å². The molecule has 0 aromatic heterocycles. The quantitative estimate of drug-likeness (QED) is 0.482. The maximum absolute atomic E-state index is 13.5. The van der Waals surface area contributed by atoms with Gasteiger partial charge in [-0.15, -0.1) is 0 Å². The summed E-state index contributed by atoms with van der Waals surface area (Å²) in [7, 11) is 0. The lowest BCUT2D eigenvalue weighted by Gasteiger charge is -2.27. The predicted molar refractivity (Wildman–Crippen MR) is 123 cm³/mol. The summed E-state index contributed by atoms with van der Waals surface area (Å²) in [6, 6.07) is 11.6. The summed E-state index contributed by atoms with van der Waals surface area (Å²) in [5, 5.41) is 0. The minimum Gasteiger partial charge on any atom is -0.492 e. The molecular formula is C26H27F3N2O5. The second-order valence-corrected chi connectivity index (χ2v) is 8.80. The van der Waals surface area contributed by atoms with Crippen molar-refractivity contribution in [3.63, 3.8) is 0 Å². The number of ether oxygens (including phenoxy) is 2. The van der Waals surface area contributed by atoms with Crippen LogP contribution in [0.5, 0.6) is 5.75 Å². The van der Waals surface area contributed by atoms with Gasteiger partial charge in [0, 0.05) is 32.5 Å². The summed E-state index contributed by atoms with van der Waals surface area (Å²) < 4.78 is 51.9. The zero-order valence-electron chi connectivity index (χ0n) is 19.6. The number of benzene rings is 2. The Morgan fingerprint density at radius 1 is 1.06 bits per heavy atom. The van der Waals surface area contributed by atoms with Crippen LogP contribution in [0, 0.1) is 0 Å². The largest absolute Gasteiger partial charge is 0.492 e. The van der Waals surface area contributed by atoms with Gasteiger partial charge in [0.05, 0.1) is 23.8 Å². The van der Waals surface area contributed by atoms with Crippen molar-refractivity contribution in [3.05, 3.63) is 65.2 Å². The fourth-order valence-electron chi connectivity index (χ4n) is 4.38. The lowest BCUT2D eigenvalue weighted by Crippen LogP contribution is -2.37. The fourth-order valence-corrected chi connectivity index (χ4v) is 4.38. The molecule has 0 bridgehead atoms. The van der Waals surface area contributed by atoms with Gasteiger partial charge in [-0.25, -0.2) is 0 Å². The standard InChI is InChI=1S/C26H27F3N2O5/c27-26(28,29)22-6-2-1-5-21(22)25(34)30(17-20-4-3-14-35-20)16-18-7-9-19(10-8-18)36-15-13-31-23(32)11-12-24(31)33/h1-2,5-10,20H,3-4,11-17H2. The van der Waals surface area contributed by atoms with Crippen molar-refractivity contribution in [2.45, 2.75) is 44.5 Å². The van der Waals surface area contributed by atoms with Crippen LogP contribution < -0.4 is 4.74 Å². The van der Waals surface area contributed by atoms with Gasteiger partial charge in [-0.3, -0.25) is 19.3 Å². The van der Waals surface area contributed by atoms with Gasteiger partial charge < -0.3 is 14.4 Å². The number of carbonyl (C=O) groups excluding carboxylic acids is 3. The molecule has 0 saturated carbocycles. The highest BCUT2D eigenvalue weighted by Gasteiger charge is 2.36. The van der Waals surface area contributed by atoms with Crippen molar-refractivity contribution in [2.24, 2.45) is 0 Å². The van der Waals surface area contributed by atoms with Crippen LogP contribution in [-0.2, 0) is 27.0 Å². The first-order valence-corrected chi connectivity index (χ1v) is 11.8. The van der Waals surface area contributed by atoms with E-state index in [1.165, 1.54) is 28.0 Å². The molecule has 2 aliphatic heterocycles. The van der Waals surface area contributed by atoms with Crippen LogP contribution in [0.15, 0.2) is 48.5 Å². The molecule has 10 heteroatoms. The third kappa shape index (κ3) is 6.23. The summed E-state index contributed by atoms with van der Waals surface area (Å²) in [4.78, 5) is 39.2. The Kier molecular flexibility index (Phi) is 7.93. The second-order valence-electron chi connectivity index (χ2n) is 8.80. The van der Waals surface area contributed by atoms with Crippen molar-refractivity contribution in [2.75, 3.05) is 26.3 Å². The highest BCUT2D eigenvalue weighted by Crippen LogP contribution is 2.33. The van der Waals surface area contributed by atoms with Crippen LogP contribution >= 0.6 is 0 Å². The van der Waals surface area contributed by atoms with Gasteiger partial charge in [0.15, 0.2) is 0 Å². The minimum absolute atomic E-state index is 0.0992. The Bertz CT molecular complexity index is 1080. The zero-order valence-corrected chi connectivity index (χ0v) is 19.6. The van der Waals surface area contributed by atoms with Crippen molar-refractivity contribution in [1.29, 1.82) is 0 Å². The van der Waals surface area contributed by atoms with Crippen molar-refractivity contribution in [3.8, 4) is 5.75 Å². The lowest BCUT2D eigenvalue weighted by molar-refractivity contribution is -0.139. The lowest BCUT2D eigenvalue weighted by atomic mass is 10.0. The van der Waals surface area contributed by atoms with E-state index in [0.29, 0.717) is 17.9 Å². The normalized spacial score (nSPS) is 18.1. The van der Waals surface area contributed by atoms with Crippen LogP contribution in [0.4, 0.5) is 13.2 Å². The summed E-state index contributed by atoms with van der Waals surface area (Å²) in [5.41, 5.74) is -0.650. The first-order chi connectivity index (χ1) is 17.2. The van der Waals surface area contributed by atoms with E-state index in [4.69, 9.17) is 9.47 Å². The van der Waals surface area contributed by atoms with E-state index >= 15 is 0 Å². The number of amides is 3. The molecule has 7 nitrogen and oxygen atoms in total. The maximum atomic E-state index is 13.5. The monoisotopic (exact) mass is 504 g/mol. The van der Waals surface area contributed by atoms with Gasteiger partial charge in [-0.05, 0) is 42.7 Å². The molecule has 0 radical (unpaired) electrons. The average molecular weight is 505 g/mol. The Morgan fingerprint density at radius 3 is 2.39 bits per heavy atom. The number of carbonyl (C=O) groups is 3. The highest BCUT2D eigenvalue weighted by atomic mass is 19.4. The molecule has 2 aromatic rings. The molecule has 36 heavy (non-hydrogen) atoms. The van der Waals surface area contributed by atoms with Crippen LogP contribution in [-0.4, -0.2) is 59.9 Å². The van der Waals surface area contributed by atoms with Crippen LogP contribution in [0.1, 0.15) is 47.2 Å². The summed E-state index contributed by atoms with van der Waals surface area (Å²) in [5.74, 6) is -0.611. The van der Waals surface area contributed by atoms with Crippen LogP contribution in [0.3, 0.4) is 0 Å². The Morgan fingerprint density at radius 2 is 1.75 bits per heavy atom. The summed E-state index contributed by atoms with van der Waals surface area (Å²) in [6.07, 6.45) is -2.85. The molecule has 2 fully saturated rings. The van der Waals surface area contributed by atoms with E-state index in [1.807, 2.05) is 0 Å². The average Bonchev–Trinajstić information content (AvgIpc) is 3.48. The maximum Gasteiger partial charge on any atom is 0.417 e. The topological polar surface area (TPSA) is 76.2 Å². The number of halogens is 3. The Labute approximate surface area is 206 Å². The van der Waals surface area contributed by atoms with Gasteiger partial charge in [0.2, 0.25) is 11.8 Å². The van der Waals surface area contributed by atoms with E-state index in [2.05, 4.69) is 0 Å². The predicted octanol–water partition coefficient (Wildman–Crippen LogP) is 4.05. The summed E-state index contributed by atoms with van der Waals surface area (Å²) in [6.45, 7) is 1.16. The number of alkyl halides is 3. The molecule has 1 unspecified atom stereocenters. The third-order valence-electron chi connectivity index (χ3n) is 6.23. The Balaban J connectivity index is 1.44. The number of hydrogen-bond acceptors (Lipinski definition) is 5. The van der Waals surface area contributed by atoms with E-state index in [9.17, 15) is 27.6 Å². The zero-order chi connectivity index (χ0) is 25.7. The van der Waals surface area contributed by atoms with Crippen molar-refractivity contribution < 1.29 is 37.0 Å². The van der Waals surface area contributed by atoms with E-state index in [0.717, 1.165) is 18.9 Å². The third-order valence-corrected chi connectivity index (χ3v) is 6.23. The Hall–Kier alpha value is -3.40. The van der Waals surface area contributed by atoms with Gasteiger partial charge in [-0.1, -0.05) is 24.3 Å². The van der Waals surface area contributed by atoms with E-state index in [1.54, 1.807) is 24.3 Å². The molecule has 2 aromatic carbocycles.